The Hall–Kier alpha value is -2.92. The monoisotopic (exact) mass is 586 g/mol. The summed E-state index contributed by atoms with van der Waals surface area (Å²) < 4.78 is 0. The van der Waals surface area contributed by atoms with E-state index in [9.17, 15) is 0 Å². The Kier molecular flexibility index (Phi) is 6.58. The van der Waals surface area contributed by atoms with Crippen molar-refractivity contribution in [1.29, 1.82) is 0 Å². The number of benzene rings is 3. The summed E-state index contributed by atoms with van der Waals surface area (Å²) in [6.45, 7) is 0. The Morgan fingerprint density at radius 1 is 0.690 bits per heavy atom. The van der Waals surface area contributed by atoms with E-state index in [1.165, 1.54) is 77.5 Å². The van der Waals surface area contributed by atoms with Gasteiger partial charge in [0.05, 0.1) is 5.16 Å². The van der Waals surface area contributed by atoms with Crippen molar-refractivity contribution in [2.75, 3.05) is 6.16 Å². The molecule has 212 valence electrons. The molecule has 4 bridgehead atoms. The maximum absolute atomic E-state index is 3.65. The molecule has 3 aromatic carbocycles. The molecular weight excluding hydrogens is 546 g/mol. The molecule has 4 saturated carbocycles. The highest BCUT2D eigenvalue weighted by molar-refractivity contribution is 7.19. The van der Waals surface area contributed by atoms with Gasteiger partial charge >= 0.3 is 0 Å². The molecule has 9 rings (SSSR count). The number of hydrogen-bond acceptors (Lipinski definition) is 0. The number of rotatable bonds is 7. The van der Waals surface area contributed by atoms with Gasteiger partial charge in [-0.15, -0.1) is 18.5 Å². The highest BCUT2D eigenvalue weighted by atomic mass is 31.0. The molecular formula is C38H40N2P2. The van der Waals surface area contributed by atoms with Gasteiger partial charge in [0, 0.05) is 23.8 Å². The fraction of sp³-hybridized carbons (Fsp3) is 0.316. The lowest BCUT2D eigenvalue weighted by Crippen LogP contribution is -2.56. The molecule has 2 N–H and O–H groups in total. The minimum atomic E-state index is -0.435. The van der Waals surface area contributed by atoms with Crippen molar-refractivity contribution >= 4 is 18.5 Å². The van der Waals surface area contributed by atoms with E-state index in [1.807, 2.05) is 0 Å². The maximum Gasteiger partial charge on any atom is 0.0892 e. The Labute approximate surface area is 254 Å². The van der Waals surface area contributed by atoms with Gasteiger partial charge in [-0.2, -0.15) is 0 Å². The van der Waals surface area contributed by atoms with Gasteiger partial charge in [0.1, 0.15) is 0 Å². The van der Waals surface area contributed by atoms with Crippen LogP contribution in [0.5, 0.6) is 0 Å². The van der Waals surface area contributed by atoms with Crippen LogP contribution in [0.15, 0.2) is 109 Å². The number of aromatic nitrogens is 2. The van der Waals surface area contributed by atoms with Crippen LogP contribution in [0.4, 0.5) is 0 Å². The third kappa shape index (κ3) is 4.06. The standard InChI is InChI=1S/C38H40N2P2/c41-24-34-29-18-25-17-26(19-29)23-37(34,22-25)32-20-30(27-9-3-1-4-10-27)31(28-11-5-2-6-12-28)21-33(32)38(42,35-13-7-15-39-35)36-14-8-16-40-36/h1-16,20-21,25-26,29,34,39-40H,17-19,22-24,41-42H2. The third-order valence-electron chi connectivity index (χ3n) is 11.1. The van der Waals surface area contributed by atoms with E-state index >= 15 is 0 Å². The molecule has 0 saturated heterocycles. The average Bonchev–Trinajstić information content (AvgIpc) is 3.77. The molecule has 5 aromatic rings. The molecule has 2 aromatic heterocycles. The zero-order valence-corrected chi connectivity index (χ0v) is 26.4. The molecule has 4 fully saturated rings. The van der Waals surface area contributed by atoms with Crippen LogP contribution < -0.4 is 0 Å². The van der Waals surface area contributed by atoms with Gasteiger partial charge in [-0.1, -0.05) is 60.7 Å². The van der Waals surface area contributed by atoms with Crippen molar-refractivity contribution in [3.63, 3.8) is 0 Å². The second-order valence-corrected chi connectivity index (χ2v) is 14.6. The first-order valence-electron chi connectivity index (χ1n) is 15.7. The Morgan fingerprint density at radius 3 is 1.74 bits per heavy atom. The van der Waals surface area contributed by atoms with Crippen molar-refractivity contribution in [2.45, 2.75) is 42.7 Å². The lowest BCUT2D eigenvalue weighted by atomic mass is 9.43. The molecule has 2 heterocycles. The minimum Gasteiger partial charge on any atom is -0.364 e. The van der Waals surface area contributed by atoms with Crippen LogP contribution in [-0.2, 0) is 10.6 Å². The molecule has 2 nitrogen and oxygen atoms in total. The molecule has 0 amide bonds. The minimum absolute atomic E-state index is 0.186. The molecule has 0 radical (unpaired) electrons. The summed E-state index contributed by atoms with van der Waals surface area (Å²) in [5.41, 5.74) is 10.8. The second-order valence-electron chi connectivity index (χ2n) is 13.3. The molecule has 0 spiro atoms. The quantitative estimate of drug-likeness (QED) is 0.178. The summed E-state index contributed by atoms with van der Waals surface area (Å²) in [7, 11) is 6.52. The highest BCUT2D eigenvalue weighted by Gasteiger charge is 2.58. The molecule has 4 heteroatoms. The fourth-order valence-corrected chi connectivity index (χ4v) is 11.1. The molecule has 0 aliphatic heterocycles. The molecule has 5 unspecified atom stereocenters. The fourth-order valence-electron chi connectivity index (χ4n) is 9.62. The Morgan fingerprint density at radius 2 is 1.24 bits per heavy atom. The van der Waals surface area contributed by atoms with Gasteiger partial charge in [0.15, 0.2) is 0 Å². The summed E-state index contributed by atoms with van der Waals surface area (Å²) in [4.78, 5) is 7.30. The van der Waals surface area contributed by atoms with Gasteiger partial charge in [-0.25, -0.2) is 0 Å². The molecule has 42 heavy (non-hydrogen) atoms. The van der Waals surface area contributed by atoms with E-state index in [0.717, 1.165) is 17.8 Å². The van der Waals surface area contributed by atoms with Crippen LogP contribution in [0.25, 0.3) is 22.3 Å². The third-order valence-corrected chi connectivity index (χ3v) is 12.6. The molecule has 4 aliphatic carbocycles. The van der Waals surface area contributed by atoms with Gasteiger partial charge in [-0.3, -0.25) is 0 Å². The first-order valence-corrected chi connectivity index (χ1v) is 17.1. The van der Waals surface area contributed by atoms with Crippen molar-refractivity contribution < 1.29 is 0 Å². The van der Waals surface area contributed by atoms with Crippen LogP contribution in [0.1, 0.15) is 54.6 Å². The summed E-state index contributed by atoms with van der Waals surface area (Å²) in [6.07, 6.45) is 12.3. The van der Waals surface area contributed by atoms with Gasteiger partial charge in [0.25, 0.3) is 0 Å². The highest BCUT2D eigenvalue weighted by Crippen LogP contribution is 2.66. The summed E-state index contributed by atoms with van der Waals surface area (Å²) >= 11 is 0. The predicted octanol–water partition coefficient (Wildman–Crippen LogP) is 9.41. The number of nitrogens with one attached hydrogen (secondary N) is 2. The van der Waals surface area contributed by atoms with Crippen LogP contribution in [0.2, 0.25) is 0 Å². The zero-order valence-electron chi connectivity index (χ0n) is 24.1. The summed E-state index contributed by atoms with van der Waals surface area (Å²) in [5, 5.41) is -0.435. The van der Waals surface area contributed by atoms with E-state index < -0.39 is 5.16 Å². The number of H-pyrrole nitrogens is 2. The zero-order chi connectivity index (χ0) is 28.3. The van der Waals surface area contributed by atoms with Gasteiger partial charge < -0.3 is 9.97 Å². The lowest BCUT2D eigenvalue weighted by Gasteiger charge is -2.62. The van der Waals surface area contributed by atoms with Crippen LogP contribution >= 0.6 is 18.5 Å². The van der Waals surface area contributed by atoms with Crippen molar-refractivity contribution in [3.8, 4) is 22.3 Å². The van der Waals surface area contributed by atoms with Gasteiger partial charge in [-0.05, 0) is 137 Å². The molecule has 4 aliphatic rings. The van der Waals surface area contributed by atoms with E-state index in [1.54, 1.807) is 5.56 Å². The largest absolute Gasteiger partial charge is 0.364 e. The van der Waals surface area contributed by atoms with Crippen LogP contribution in [-0.4, -0.2) is 16.1 Å². The SMILES string of the molecule is PCC1C2CC3CC(C2)CC1(c1cc(-c2ccccc2)c(-c2ccccc2)cc1C(P)(c1ccc[nH]1)c1ccc[nH]1)C3. The van der Waals surface area contributed by atoms with Crippen molar-refractivity contribution in [3.05, 3.63) is 132 Å². The first kappa shape index (κ1) is 26.7. The Balaban J connectivity index is 1.48. The van der Waals surface area contributed by atoms with E-state index in [-0.39, 0.29) is 5.41 Å². The van der Waals surface area contributed by atoms with E-state index in [0.29, 0.717) is 5.92 Å². The number of hydrogen-bond donors (Lipinski definition) is 2. The normalized spacial score (nSPS) is 26.5. The topological polar surface area (TPSA) is 31.6 Å². The van der Waals surface area contributed by atoms with Crippen LogP contribution in [0.3, 0.4) is 0 Å². The smallest absolute Gasteiger partial charge is 0.0892 e. The predicted molar refractivity (Wildman–Crippen MR) is 182 cm³/mol. The maximum atomic E-state index is 3.65. The van der Waals surface area contributed by atoms with Crippen molar-refractivity contribution in [2.24, 2.45) is 23.7 Å². The van der Waals surface area contributed by atoms with Gasteiger partial charge in [0.2, 0.25) is 0 Å². The average molecular weight is 587 g/mol. The molecule has 5 atom stereocenters. The first-order chi connectivity index (χ1) is 20.6. The van der Waals surface area contributed by atoms with Crippen molar-refractivity contribution in [1.82, 2.24) is 9.97 Å². The van der Waals surface area contributed by atoms with E-state index in [2.05, 4.69) is 138 Å². The Bertz CT molecular complexity index is 1630. The second kappa shape index (κ2) is 10.4. The lowest BCUT2D eigenvalue weighted by molar-refractivity contribution is -0.0521. The number of aromatic amines is 2. The van der Waals surface area contributed by atoms with Crippen LogP contribution in [0, 0.1) is 23.7 Å². The van der Waals surface area contributed by atoms with E-state index in [4.69, 9.17) is 0 Å². The summed E-state index contributed by atoms with van der Waals surface area (Å²) in [6, 6.07) is 36.1. The summed E-state index contributed by atoms with van der Waals surface area (Å²) in [5.74, 6) is 3.24.